The maximum absolute atomic E-state index is 13.3. The van der Waals surface area contributed by atoms with E-state index < -0.39 is 10.0 Å². The number of benzene rings is 1. The molecule has 1 aromatic heterocycles. The Kier molecular flexibility index (Phi) is 4.58. The summed E-state index contributed by atoms with van der Waals surface area (Å²) in [5.74, 6) is 1.17. The van der Waals surface area contributed by atoms with Crippen LogP contribution >= 0.6 is 0 Å². The van der Waals surface area contributed by atoms with E-state index in [9.17, 15) is 8.42 Å². The fraction of sp³-hybridized carbons (Fsp3) is 0.421. The molecule has 0 aliphatic carbocycles. The van der Waals surface area contributed by atoms with Crippen molar-refractivity contribution in [2.75, 3.05) is 7.11 Å². The number of sulfonamides is 1. The minimum atomic E-state index is -3.59. The highest BCUT2D eigenvalue weighted by Gasteiger charge is 2.48. The number of piperidine rings is 1. The lowest BCUT2D eigenvalue weighted by molar-refractivity contribution is 0.0955. The molecule has 3 heterocycles. The van der Waals surface area contributed by atoms with Crippen LogP contribution < -0.4 is 9.47 Å². The molecule has 2 fully saturated rings. The lowest BCUT2D eigenvalue weighted by Gasteiger charge is -2.38. The van der Waals surface area contributed by atoms with Crippen LogP contribution in [0.5, 0.6) is 11.5 Å². The molecule has 0 spiro atoms. The normalized spacial score (nSPS) is 25.8. The third-order valence-electron chi connectivity index (χ3n) is 5.20. The SMILES string of the molecule is COc1ccccc1S(=O)(=O)N1C2CCC1CC(Oc1ccncc1)C2. The molecule has 0 saturated carbocycles. The molecule has 2 aliphatic rings. The summed E-state index contributed by atoms with van der Waals surface area (Å²) in [6.45, 7) is 0. The van der Waals surface area contributed by atoms with Gasteiger partial charge in [0.1, 0.15) is 22.5 Å². The molecule has 0 amide bonds. The van der Waals surface area contributed by atoms with E-state index in [-0.39, 0.29) is 23.1 Å². The topological polar surface area (TPSA) is 68.7 Å². The zero-order valence-corrected chi connectivity index (χ0v) is 15.4. The van der Waals surface area contributed by atoms with Gasteiger partial charge in [-0.3, -0.25) is 4.98 Å². The summed E-state index contributed by atoms with van der Waals surface area (Å²) in [6, 6.07) is 10.4. The van der Waals surface area contributed by atoms with Crippen LogP contribution in [0, 0.1) is 0 Å². The molecule has 2 aliphatic heterocycles. The van der Waals surface area contributed by atoms with Crippen LogP contribution in [0.3, 0.4) is 0 Å². The first-order chi connectivity index (χ1) is 12.6. The van der Waals surface area contributed by atoms with Crippen molar-refractivity contribution in [3.05, 3.63) is 48.8 Å². The van der Waals surface area contributed by atoms with Gasteiger partial charge in [0.25, 0.3) is 0 Å². The number of aromatic nitrogens is 1. The molecule has 2 atom stereocenters. The Balaban J connectivity index is 1.56. The highest BCUT2D eigenvalue weighted by atomic mass is 32.2. The van der Waals surface area contributed by atoms with Crippen molar-refractivity contribution in [1.29, 1.82) is 0 Å². The third kappa shape index (κ3) is 3.05. The first kappa shape index (κ1) is 17.3. The Hall–Kier alpha value is -2.12. The number of fused-ring (bicyclic) bond motifs is 2. The van der Waals surface area contributed by atoms with Gasteiger partial charge < -0.3 is 9.47 Å². The molecular weight excluding hydrogens is 352 g/mol. The molecule has 2 bridgehead atoms. The number of nitrogens with zero attached hydrogens (tertiary/aromatic N) is 2. The zero-order valence-electron chi connectivity index (χ0n) is 14.6. The molecular formula is C19H22N2O4S. The van der Waals surface area contributed by atoms with Crippen LogP contribution in [0.15, 0.2) is 53.7 Å². The lowest BCUT2D eigenvalue weighted by atomic mass is 10.0. The first-order valence-electron chi connectivity index (χ1n) is 8.83. The van der Waals surface area contributed by atoms with Crippen LogP contribution in [0.25, 0.3) is 0 Å². The molecule has 0 N–H and O–H groups in total. The van der Waals surface area contributed by atoms with Crippen LogP contribution in [0.2, 0.25) is 0 Å². The standard InChI is InChI=1S/C19H22N2O4S/c1-24-18-4-2-3-5-19(18)26(22,23)21-14-6-7-15(21)13-17(12-14)25-16-8-10-20-11-9-16/h2-5,8-11,14-15,17H,6-7,12-13H2,1H3. The summed E-state index contributed by atoms with van der Waals surface area (Å²) in [4.78, 5) is 4.24. The lowest BCUT2D eigenvalue weighted by Crippen LogP contribution is -2.49. The Bertz CT molecular complexity index is 858. The fourth-order valence-corrected chi connectivity index (χ4v) is 6.18. The van der Waals surface area contributed by atoms with Crippen molar-refractivity contribution in [3.63, 3.8) is 0 Å². The van der Waals surface area contributed by atoms with Gasteiger partial charge >= 0.3 is 0 Å². The largest absolute Gasteiger partial charge is 0.495 e. The maximum atomic E-state index is 13.3. The summed E-state index contributed by atoms with van der Waals surface area (Å²) < 4.78 is 39.6. The van der Waals surface area contributed by atoms with Gasteiger partial charge in [0.15, 0.2) is 0 Å². The highest BCUT2D eigenvalue weighted by molar-refractivity contribution is 7.89. The van der Waals surface area contributed by atoms with E-state index in [1.165, 1.54) is 7.11 Å². The Labute approximate surface area is 153 Å². The van der Waals surface area contributed by atoms with Gasteiger partial charge in [-0.25, -0.2) is 8.42 Å². The molecule has 2 saturated heterocycles. The van der Waals surface area contributed by atoms with Crippen molar-refractivity contribution in [2.24, 2.45) is 0 Å². The van der Waals surface area contributed by atoms with Crippen molar-refractivity contribution in [2.45, 2.75) is 48.8 Å². The monoisotopic (exact) mass is 374 g/mol. The summed E-state index contributed by atoms with van der Waals surface area (Å²) in [5, 5.41) is 0. The molecule has 0 radical (unpaired) electrons. The second kappa shape index (κ2) is 6.89. The van der Waals surface area contributed by atoms with E-state index >= 15 is 0 Å². The van der Waals surface area contributed by atoms with E-state index in [0.29, 0.717) is 18.6 Å². The third-order valence-corrected chi connectivity index (χ3v) is 7.24. The van der Waals surface area contributed by atoms with E-state index in [0.717, 1.165) is 18.6 Å². The zero-order chi connectivity index (χ0) is 18.1. The van der Waals surface area contributed by atoms with Gasteiger partial charge in [0.2, 0.25) is 10.0 Å². The van der Waals surface area contributed by atoms with E-state index in [1.54, 1.807) is 41.0 Å². The number of pyridine rings is 1. The van der Waals surface area contributed by atoms with Gasteiger partial charge in [-0.15, -0.1) is 0 Å². The maximum Gasteiger partial charge on any atom is 0.247 e. The number of hydrogen-bond donors (Lipinski definition) is 0. The number of para-hydroxylation sites is 1. The smallest absolute Gasteiger partial charge is 0.247 e. The van der Waals surface area contributed by atoms with Gasteiger partial charge in [-0.1, -0.05) is 12.1 Å². The molecule has 1 aromatic carbocycles. The Morgan fingerprint density at radius 3 is 2.35 bits per heavy atom. The minimum Gasteiger partial charge on any atom is -0.495 e. The van der Waals surface area contributed by atoms with Gasteiger partial charge in [0.05, 0.1) is 7.11 Å². The first-order valence-corrected chi connectivity index (χ1v) is 10.3. The van der Waals surface area contributed by atoms with Gasteiger partial charge in [-0.2, -0.15) is 4.31 Å². The number of ether oxygens (including phenoxy) is 2. The van der Waals surface area contributed by atoms with Crippen molar-refractivity contribution >= 4 is 10.0 Å². The van der Waals surface area contributed by atoms with E-state index in [4.69, 9.17) is 9.47 Å². The highest BCUT2D eigenvalue weighted by Crippen LogP contribution is 2.42. The summed E-state index contributed by atoms with van der Waals surface area (Å²) in [7, 11) is -2.10. The molecule has 6 nitrogen and oxygen atoms in total. The average molecular weight is 374 g/mol. The molecule has 26 heavy (non-hydrogen) atoms. The van der Waals surface area contributed by atoms with Gasteiger partial charge in [0, 0.05) is 37.3 Å². The molecule has 4 rings (SSSR count). The number of hydrogen-bond acceptors (Lipinski definition) is 5. The van der Waals surface area contributed by atoms with E-state index in [1.807, 2.05) is 12.1 Å². The number of methoxy groups -OCH3 is 1. The summed E-state index contributed by atoms with van der Waals surface area (Å²) in [5.41, 5.74) is 0. The molecule has 2 unspecified atom stereocenters. The Morgan fingerprint density at radius 2 is 1.69 bits per heavy atom. The Morgan fingerprint density at radius 1 is 1.04 bits per heavy atom. The van der Waals surface area contributed by atoms with Crippen LogP contribution in [0.1, 0.15) is 25.7 Å². The second-order valence-electron chi connectivity index (χ2n) is 6.76. The second-order valence-corrected chi connectivity index (χ2v) is 8.58. The van der Waals surface area contributed by atoms with E-state index in [2.05, 4.69) is 4.98 Å². The van der Waals surface area contributed by atoms with Crippen molar-refractivity contribution in [1.82, 2.24) is 9.29 Å². The van der Waals surface area contributed by atoms with Crippen LogP contribution in [-0.4, -0.2) is 43.0 Å². The average Bonchev–Trinajstić information content (AvgIpc) is 2.95. The quantitative estimate of drug-likeness (QED) is 0.805. The van der Waals surface area contributed by atoms with Gasteiger partial charge in [-0.05, 0) is 37.1 Å². The number of rotatable bonds is 5. The summed E-state index contributed by atoms with van der Waals surface area (Å²) in [6.07, 6.45) is 6.57. The molecule has 7 heteroatoms. The molecule has 2 aromatic rings. The van der Waals surface area contributed by atoms with Crippen molar-refractivity contribution in [3.8, 4) is 11.5 Å². The fourth-order valence-electron chi connectivity index (χ4n) is 4.13. The molecule has 138 valence electrons. The minimum absolute atomic E-state index is 0.0269. The summed E-state index contributed by atoms with van der Waals surface area (Å²) >= 11 is 0. The van der Waals surface area contributed by atoms with Crippen LogP contribution in [0.4, 0.5) is 0 Å². The van der Waals surface area contributed by atoms with Crippen LogP contribution in [-0.2, 0) is 10.0 Å². The predicted molar refractivity (Wildman–Crippen MR) is 96.7 cm³/mol. The predicted octanol–water partition coefficient (Wildman–Crippen LogP) is 2.85. The van der Waals surface area contributed by atoms with Crippen molar-refractivity contribution < 1.29 is 17.9 Å².